The normalized spacial score (nSPS) is 14.8. The number of carbonyl (C=O) groups excluding carboxylic acids is 2. The Hall–Kier alpha value is -1.87. The number of nitrogens with one attached hydrogen (secondary N) is 1. The number of amides is 1. The predicted octanol–water partition coefficient (Wildman–Crippen LogP) is 10.5. The molecule has 0 spiro atoms. The third-order valence-electron chi connectivity index (χ3n) is 9.06. The average molecular weight is 768 g/mol. The van der Waals surface area contributed by atoms with Crippen LogP contribution in [0.4, 0.5) is 0 Å². The van der Waals surface area contributed by atoms with E-state index in [0.29, 0.717) is 30.3 Å². The van der Waals surface area contributed by atoms with E-state index in [1.54, 1.807) is 6.08 Å². The van der Waals surface area contributed by atoms with Crippen LogP contribution >= 0.6 is 7.82 Å². The Morgan fingerprint density at radius 3 is 1.85 bits per heavy atom. The quantitative estimate of drug-likeness (QED) is 0.0144. The lowest BCUT2D eigenvalue weighted by atomic mass is 10.0. The van der Waals surface area contributed by atoms with Crippen LogP contribution in [0.25, 0.3) is 0 Å². The van der Waals surface area contributed by atoms with Gasteiger partial charge in [-0.15, -0.1) is 0 Å². The molecule has 3 atom stereocenters. The second-order valence-electron chi connectivity index (χ2n) is 15.4. The number of allylic oxidation sites excluding steroid dienone is 8. The summed E-state index contributed by atoms with van der Waals surface area (Å²) < 4.78 is 23.5. The van der Waals surface area contributed by atoms with Crippen molar-refractivity contribution in [2.45, 2.75) is 174 Å². The van der Waals surface area contributed by atoms with E-state index in [9.17, 15) is 24.2 Å². The van der Waals surface area contributed by atoms with Gasteiger partial charge in [-0.2, -0.15) is 0 Å². The van der Waals surface area contributed by atoms with Gasteiger partial charge in [-0.3, -0.25) is 18.6 Å². The summed E-state index contributed by atoms with van der Waals surface area (Å²) in [6.45, 7) is 4.65. The van der Waals surface area contributed by atoms with Crippen molar-refractivity contribution in [2.75, 3.05) is 40.9 Å². The highest BCUT2D eigenvalue weighted by molar-refractivity contribution is 7.47. The van der Waals surface area contributed by atoms with Crippen molar-refractivity contribution in [1.82, 2.24) is 5.32 Å². The number of unbranched alkanes of at least 4 members (excludes halogenated alkanes) is 15. The maximum atomic E-state index is 12.8. The van der Waals surface area contributed by atoms with Crippen molar-refractivity contribution < 1.29 is 37.7 Å². The lowest BCUT2D eigenvalue weighted by Crippen LogP contribution is -2.46. The summed E-state index contributed by atoms with van der Waals surface area (Å²) in [5, 5.41) is 13.9. The molecule has 0 radical (unpaired) electrons. The molecule has 0 aromatic rings. The number of hydrogen-bond donors (Lipinski definition) is 3. The average Bonchev–Trinajstić information content (AvgIpc) is 3.10. The van der Waals surface area contributed by atoms with E-state index in [1.807, 2.05) is 39.4 Å². The van der Waals surface area contributed by atoms with Gasteiger partial charge in [-0.05, 0) is 44.6 Å². The predicted molar refractivity (Wildman–Crippen MR) is 222 cm³/mol. The second-order valence-corrected chi connectivity index (χ2v) is 16.9. The standard InChI is InChI=1S/C43H79N2O7P/c1-6-8-10-11-12-13-14-15-18-21-24-27-31-35-42(47)41(39-52-53(49,50)51-38-37-45(3,4)5)44-43(48)36-32-28-25-22-19-16-17-20-23-26-30-34-40(46)33-29-9-7-2/h16-17,22-23,25-26,30,34,41-42,47H,6-15,18-21,24,27-29,31-33,35-39H2,1-5H3,(H-,44,48,49,50)/p+1/b17-16-,25-22-,26-23-,34-30+/t41-,42+/m0/s1. The first-order chi connectivity index (χ1) is 25.4. The molecule has 0 heterocycles. The smallest absolute Gasteiger partial charge is 0.391 e. The van der Waals surface area contributed by atoms with E-state index >= 15 is 0 Å². The number of carbonyl (C=O) groups is 2. The van der Waals surface area contributed by atoms with Gasteiger partial charge >= 0.3 is 7.82 Å². The summed E-state index contributed by atoms with van der Waals surface area (Å²) in [6, 6.07) is -0.807. The molecule has 3 N–H and O–H groups in total. The zero-order valence-corrected chi connectivity index (χ0v) is 35.4. The lowest BCUT2D eigenvalue weighted by Gasteiger charge is -2.26. The van der Waals surface area contributed by atoms with Crippen LogP contribution in [0.3, 0.4) is 0 Å². The number of likely N-dealkylation sites (N-methyl/N-ethyl adjacent to an activating group) is 1. The van der Waals surface area contributed by atoms with Crippen molar-refractivity contribution >= 4 is 19.5 Å². The molecule has 10 heteroatoms. The molecule has 0 bridgehead atoms. The molecular weight excluding hydrogens is 687 g/mol. The first kappa shape index (κ1) is 51.1. The lowest BCUT2D eigenvalue weighted by molar-refractivity contribution is -0.870. The molecule has 0 aliphatic rings. The van der Waals surface area contributed by atoms with Gasteiger partial charge < -0.3 is 19.8 Å². The Morgan fingerprint density at radius 2 is 1.25 bits per heavy atom. The molecule has 0 rings (SSSR count). The fraction of sp³-hybridized carbons (Fsp3) is 0.767. The van der Waals surface area contributed by atoms with E-state index < -0.39 is 20.0 Å². The van der Waals surface area contributed by atoms with E-state index in [0.717, 1.165) is 57.8 Å². The zero-order valence-electron chi connectivity index (χ0n) is 34.5. The topological polar surface area (TPSA) is 122 Å². The summed E-state index contributed by atoms with van der Waals surface area (Å²) in [7, 11) is 1.54. The third-order valence-corrected chi connectivity index (χ3v) is 10.0. The van der Waals surface area contributed by atoms with Crippen molar-refractivity contribution in [3.63, 3.8) is 0 Å². The van der Waals surface area contributed by atoms with Crippen LogP contribution in [0.15, 0.2) is 48.6 Å². The molecule has 0 aromatic carbocycles. The fourth-order valence-corrected chi connectivity index (χ4v) is 6.37. The van der Waals surface area contributed by atoms with E-state index in [2.05, 4.69) is 43.5 Å². The molecule has 1 amide bonds. The summed E-state index contributed by atoms with van der Waals surface area (Å²) in [5.74, 6) is -0.0447. The third kappa shape index (κ3) is 36.9. The molecule has 0 aromatic heterocycles. The zero-order chi connectivity index (χ0) is 39.5. The Labute approximate surface area is 325 Å². The summed E-state index contributed by atoms with van der Waals surface area (Å²) in [5.41, 5.74) is 0. The van der Waals surface area contributed by atoms with Crippen molar-refractivity contribution in [1.29, 1.82) is 0 Å². The van der Waals surface area contributed by atoms with Crippen LogP contribution in [0.2, 0.25) is 0 Å². The fourth-order valence-electron chi connectivity index (χ4n) is 5.64. The summed E-state index contributed by atoms with van der Waals surface area (Å²) in [6.07, 6.45) is 38.3. The minimum absolute atomic E-state index is 0.0518. The molecule has 0 saturated carbocycles. The van der Waals surface area contributed by atoms with Crippen LogP contribution in [0, 0.1) is 0 Å². The molecular formula is C43H80N2O7P+. The number of quaternary nitrogens is 1. The van der Waals surface area contributed by atoms with Gasteiger partial charge in [0.25, 0.3) is 0 Å². The summed E-state index contributed by atoms with van der Waals surface area (Å²) in [4.78, 5) is 34.8. The largest absolute Gasteiger partial charge is 0.472 e. The molecule has 0 fully saturated rings. The first-order valence-corrected chi connectivity index (χ1v) is 22.5. The first-order valence-electron chi connectivity index (χ1n) is 21.0. The van der Waals surface area contributed by atoms with Crippen molar-refractivity contribution in [3.8, 4) is 0 Å². The number of phosphoric acid groups is 1. The molecule has 1 unspecified atom stereocenters. The van der Waals surface area contributed by atoms with Gasteiger partial charge in [0.1, 0.15) is 13.2 Å². The highest BCUT2D eigenvalue weighted by Gasteiger charge is 2.28. The van der Waals surface area contributed by atoms with Gasteiger partial charge in [-0.25, -0.2) is 4.57 Å². The molecule has 0 saturated heterocycles. The van der Waals surface area contributed by atoms with Gasteiger partial charge in [0.05, 0.1) is 39.9 Å². The highest BCUT2D eigenvalue weighted by Crippen LogP contribution is 2.43. The Balaban J connectivity index is 4.57. The molecule has 53 heavy (non-hydrogen) atoms. The molecule has 9 nitrogen and oxygen atoms in total. The maximum Gasteiger partial charge on any atom is 0.472 e. The number of nitrogens with zero attached hydrogens (tertiary/aromatic N) is 1. The highest BCUT2D eigenvalue weighted by atomic mass is 31.2. The Bertz CT molecular complexity index is 1070. The number of phosphoric ester groups is 1. The number of ketones is 1. The minimum Gasteiger partial charge on any atom is -0.391 e. The van der Waals surface area contributed by atoms with Crippen LogP contribution in [-0.4, -0.2) is 79.2 Å². The van der Waals surface area contributed by atoms with Crippen molar-refractivity contribution in [3.05, 3.63) is 48.6 Å². The van der Waals surface area contributed by atoms with Crippen LogP contribution in [-0.2, 0) is 23.2 Å². The number of hydrogen-bond acceptors (Lipinski definition) is 6. The SMILES string of the molecule is CCCCCCCCCCCCCCC[C@@H](O)[C@H](COP(=O)(O)OCC[N+](C)(C)C)NC(=O)CCC/C=C\C/C=C\C/C=C\C=C\C(=O)CCCCC. The number of aliphatic hydroxyl groups excluding tert-OH is 1. The molecule has 308 valence electrons. The minimum atomic E-state index is -4.34. The molecule has 0 aliphatic heterocycles. The van der Waals surface area contributed by atoms with E-state index in [4.69, 9.17) is 9.05 Å². The van der Waals surface area contributed by atoms with Crippen LogP contribution in [0.5, 0.6) is 0 Å². The maximum absolute atomic E-state index is 12.8. The van der Waals surface area contributed by atoms with Gasteiger partial charge in [-0.1, -0.05) is 153 Å². The van der Waals surface area contributed by atoms with E-state index in [1.165, 1.54) is 64.2 Å². The Kier molecular flexibility index (Phi) is 33.4. The Morgan fingerprint density at radius 1 is 0.698 bits per heavy atom. The van der Waals surface area contributed by atoms with Gasteiger partial charge in [0.15, 0.2) is 5.78 Å². The monoisotopic (exact) mass is 768 g/mol. The summed E-state index contributed by atoms with van der Waals surface area (Å²) >= 11 is 0. The number of rotatable bonds is 37. The van der Waals surface area contributed by atoms with Gasteiger partial charge in [0, 0.05) is 12.8 Å². The van der Waals surface area contributed by atoms with Crippen molar-refractivity contribution in [2.24, 2.45) is 0 Å². The molecule has 0 aliphatic carbocycles. The number of aliphatic hydroxyl groups is 1. The van der Waals surface area contributed by atoms with Gasteiger partial charge in [0.2, 0.25) is 5.91 Å². The van der Waals surface area contributed by atoms with Crippen LogP contribution < -0.4 is 5.32 Å². The van der Waals surface area contributed by atoms with Crippen LogP contribution in [0.1, 0.15) is 162 Å². The second kappa shape index (κ2) is 34.6. The van der Waals surface area contributed by atoms with E-state index in [-0.39, 0.29) is 31.3 Å².